The van der Waals surface area contributed by atoms with E-state index in [1.54, 1.807) is 9.80 Å². The van der Waals surface area contributed by atoms with Gasteiger partial charge in [-0.15, -0.1) is 0 Å². The fraction of sp³-hybridized carbons (Fsp3) is 0.450. The van der Waals surface area contributed by atoms with Gasteiger partial charge in [-0.05, 0) is 32.9 Å². The van der Waals surface area contributed by atoms with E-state index >= 15 is 0 Å². The molecule has 1 fully saturated rings. The zero-order valence-corrected chi connectivity index (χ0v) is 16.0. The van der Waals surface area contributed by atoms with Crippen molar-refractivity contribution in [2.24, 2.45) is 0 Å². The molecule has 3 rings (SSSR count). The Kier molecular flexibility index (Phi) is 5.48. The van der Waals surface area contributed by atoms with E-state index in [0.717, 1.165) is 5.56 Å². The molecule has 1 aromatic heterocycles. The van der Waals surface area contributed by atoms with E-state index in [4.69, 9.17) is 9.15 Å². The lowest BCUT2D eigenvalue weighted by Crippen LogP contribution is -2.52. The largest absolute Gasteiger partial charge is 0.444 e. The molecule has 0 saturated carbocycles. The van der Waals surface area contributed by atoms with Crippen molar-refractivity contribution in [3.8, 4) is 11.5 Å². The number of nitrogens with zero attached hydrogens (tertiary/aromatic N) is 3. The molecule has 0 aliphatic carbocycles. The van der Waals surface area contributed by atoms with Crippen molar-refractivity contribution in [1.29, 1.82) is 0 Å². The zero-order valence-electron chi connectivity index (χ0n) is 16.0. The number of carbonyl (C=O) groups is 2. The molecule has 0 atom stereocenters. The number of ether oxygens (including phenoxy) is 1. The molecule has 1 aliphatic rings. The molecule has 1 aliphatic heterocycles. The fourth-order valence-corrected chi connectivity index (χ4v) is 2.83. The molecule has 1 saturated heterocycles. The van der Waals surface area contributed by atoms with Crippen molar-refractivity contribution in [2.45, 2.75) is 32.8 Å². The fourth-order valence-electron chi connectivity index (χ4n) is 2.83. The second-order valence-electron chi connectivity index (χ2n) is 7.53. The van der Waals surface area contributed by atoms with Crippen molar-refractivity contribution in [2.75, 3.05) is 26.2 Å². The minimum atomic E-state index is -0.520. The molecule has 0 N–H and O–H groups in total. The predicted octanol–water partition coefficient (Wildman–Crippen LogP) is 2.96. The summed E-state index contributed by atoms with van der Waals surface area (Å²) < 4.78 is 10.9. The smallest absolute Gasteiger partial charge is 0.410 e. The van der Waals surface area contributed by atoms with Crippen LogP contribution in [0.25, 0.3) is 11.5 Å². The summed E-state index contributed by atoms with van der Waals surface area (Å²) in [5.74, 6) is 0.486. The first-order chi connectivity index (χ1) is 12.8. The normalized spacial score (nSPS) is 14.9. The van der Waals surface area contributed by atoms with Gasteiger partial charge in [-0.1, -0.05) is 18.2 Å². The molecule has 27 heavy (non-hydrogen) atoms. The number of aromatic nitrogens is 1. The van der Waals surface area contributed by atoms with Crippen LogP contribution >= 0.6 is 0 Å². The number of rotatable bonds is 3. The van der Waals surface area contributed by atoms with Gasteiger partial charge in [0.05, 0.1) is 12.1 Å². The van der Waals surface area contributed by atoms with Crippen LogP contribution in [-0.2, 0) is 16.0 Å². The lowest BCUT2D eigenvalue weighted by molar-refractivity contribution is -0.132. The first kappa shape index (κ1) is 18.9. The minimum absolute atomic E-state index is 0.0215. The summed E-state index contributed by atoms with van der Waals surface area (Å²) in [5, 5.41) is 0. The molecular formula is C20H25N3O4. The van der Waals surface area contributed by atoms with Gasteiger partial charge in [0.1, 0.15) is 11.9 Å². The van der Waals surface area contributed by atoms with Crippen molar-refractivity contribution in [3.63, 3.8) is 0 Å². The van der Waals surface area contributed by atoms with Gasteiger partial charge in [0, 0.05) is 31.7 Å². The van der Waals surface area contributed by atoms with Crippen LogP contribution in [-0.4, -0.2) is 58.6 Å². The van der Waals surface area contributed by atoms with Crippen LogP contribution in [0.15, 0.2) is 41.0 Å². The van der Waals surface area contributed by atoms with Gasteiger partial charge in [-0.3, -0.25) is 4.79 Å². The molecule has 2 amide bonds. The Morgan fingerprint density at radius 3 is 2.33 bits per heavy atom. The highest BCUT2D eigenvalue weighted by molar-refractivity contribution is 5.79. The highest BCUT2D eigenvalue weighted by Crippen LogP contribution is 2.19. The third kappa shape index (κ3) is 5.09. The number of hydrogen-bond donors (Lipinski definition) is 0. The van der Waals surface area contributed by atoms with Crippen LogP contribution in [0.2, 0.25) is 0 Å². The van der Waals surface area contributed by atoms with E-state index in [1.807, 2.05) is 51.1 Å². The number of carbonyl (C=O) groups excluding carboxylic acids is 2. The average molecular weight is 371 g/mol. The summed E-state index contributed by atoms with van der Waals surface area (Å²) in [5.41, 5.74) is 0.962. The van der Waals surface area contributed by atoms with E-state index in [-0.39, 0.29) is 18.4 Å². The number of hydrogen-bond acceptors (Lipinski definition) is 5. The SMILES string of the molecule is CC(C)(C)OC(=O)N1CCN(C(=O)Cc2coc(-c3ccccc3)n2)CC1. The molecule has 2 heterocycles. The summed E-state index contributed by atoms with van der Waals surface area (Å²) in [6, 6.07) is 9.57. The molecule has 7 nitrogen and oxygen atoms in total. The van der Waals surface area contributed by atoms with Gasteiger partial charge >= 0.3 is 6.09 Å². The number of piperazine rings is 1. The Morgan fingerprint density at radius 2 is 1.70 bits per heavy atom. The predicted molar refractivity (Wildman–Crippen MR) is 100 cm³/mol. The second-order valence-corrected chi connectivity index (χ2v) is 7.53. The third-order valence-electron chi connectivity index (χ3n) is 4.19. The molecule has 2 aromatic rings. The topological polar surface area (TPSA) is 75.9 Å². The maximum atomic E-state index is 12.5. The van der Waals surface area contributed by atoms with Crippen LogP contribution in [0.3, 0.4) is 0 Å². The standard InChI is InChI=1S/C20H25N3O4/c1-20(2,3)27-19(25)23-11-9-22(10-12-23)17(24)13-16-14-26-18(21-16)15-7-5-4-6-8-15/h4-8,14H,9-13H2,1-3H3. The quantitative estimate of drug-likeness (QED) is 0.829. The minimum Gasteiger partial charge on any atom is -0.444 e. The van der Waals surface area contributed by atoms with Gasteiger partial charge in [-0.2, -0.15) is 0 Å². The maximum Gasteiger partial charge on any atom is 0.410 e. The van der Waals surface area contributed by atoms with Gasteiger partial charge < -0.3 is 19.0 Å². The van der Waals surface area contributed by atoms with E-state index in [9.17, 15) is 9.59 Å². The summed E-state index contributed by atoms with van der Waals surface area (Å²) in [6.45, 7) is 7.43. The van der Waals surface area contributed by atoms with Crippen LogP contribution in [0.5, 0.6) is 0 Å². The van der Waals surface area contributed by atoms with Crippen LogP contribution < -0.4 is 0 Å². The summed E-state index contributed by atoms with van der Waals surface area (Å²) >= 11 is 0. The average Bonchev–Trinajstić information content (AvgIpc) is 3.09. The number of benzene rings is 1. The Labute approximate surface area is 158 Å². The van der Waals surface area contributed by atoms with E-state index in [1.165, 1.54) is 6.26 Å². The van der Waals surface area contributed by atoms with Crippen molar-refractivity contribution in [1.82, 2.24) is 14.8 Å². The molecule has 144 valence electrons. The zero-order chi connectivity index (χ0) is 19.4. The Morgan fingerprint density at radius 1 is 1.07 bits per heavy atom. The van der Waals surface area contributed by atoms with Crippen molar-refractivity contribution in [3.05, 3.63) is 42.3 Å². The second kappa shape index (κ2) is 7.82. The monoisotopic (exact) mass is 371 g/mol. The summed E-state index contributed by atoms with van der Waals surface area (Å²) in [6.07, 6.45) is 1.37. The summed E-state index contributed by atoms with van der Waals surface area (Å²) in [7, 11) is 0. The highest BCUT2D eigenvalue weighted by atomic mass is 16.6. The van der Waals surface area contributed by atoms with Crippen LogP contribution in [0.1, 0.15) is 26.5 Å². The lowest BCUT2D eigenvalue weighted by atomic mass is 10.2. The van der Waals surface area contributed by atoms with E-state index < -0.39 is 5.60 Å². The van der Waals surface area contributed by atoms with Gasteiger partial charge in [-0.25, -0.2) is 9.78 Å². The molecule has 7 heteroatoms. The first-order valence-corrected chi connectivity index (χ1v) is 9.07. The first-order valence-electron chi connectivity index (χ1n) is 9.07. The van der Waals surface area contributed by atoms with Crippen molar-refractivity contribution >= 4 is 12.0 Å². The Balaban J connectivity index is 1.52. The van der Waals surface area contributed by atoms with E-state index in [2.05, 4.69) is 4.98 Å². The van der Waals surface area contributed by atoms with Crippen LogP contribution in [0.4, 0.5) is 4.79 Å². The van der Waals surface area contributed by atoms with E-state index in [0.29, 0.717) is 37.8 Å². The molecule has 0 spiro atoms. The molecule has 1 aromatic carbocycles. The van der Waals surface area contributed by atoms with Gasteiger partial charge in [0.2, 0.25) is 11.8 Å². The number of amides is 2. The molecule has 0 radical (unpaired) electrons. The maximum absolute atomic E-state index is 12.5. The van der Waals surface area contributed by atoms with Gasteiger partial charge in [0.25, 0.3) is 0 Å². The third-order valence-corrected chi connectivity index (χ3v) is 4.19. The van der Waals surface area contributed by atoms with Gasteiger partial charge in [0.15, 0.2) is 0 Å². The Hall–Kier alpha value is -2.83. The number of oxazole rings is 1. The van der Waals surface area contributed by atoms with Crippen LogP contribution in [0, 0.1) is 0 Å². The Bertz CT molecular complexity index is 787. The summed E-state index contributed by atoms with van der Waals surface area (Å²) in [4.78, 5) is 32.4. The molecule has 0 bridgehead atoms. The van der Waals surface area contributed by atoms with Crippen molar-refractivity contribution < 1.29 is 18.7 Å². The molecule has 0 unspecified atom stereocenters. The highest BCUT2D eigenvalue weighted by Gasteiger charge is 2.28. The lowest BCUT2D eigenvalue weighted by Gasteiger charge is -2.35. The molecular weight excluding hydrogens is 346 g/mol.